The molecule has 44 heavy (non-hydrogen) atoms. The third-order valence-electron chi connectivity index (χ3n) is 8.37. The van der Waals surface area contributed by atoms with Crippen molar-refractivity contribution in [2.24, 2.45) is 13.0 Å². The van der Waals surface area contributed by atoms with Crippen molar-refractivity contribution >= 4 is 36.6 Å². The average Bonchev–Trinajstić information content (AvgIpc) is 3.59. The van der Waals surface area contributed by atoms with Gasteiger partial charge in [0.15, 0.2) is 0 Å². The van der Waals surface area contributed by atoms with Crippen molar-refractivity contribution in [2.45, 2.75) is 77.9 Å². The van der Waals surface area contributed by atoms with E-state index in [2.05, 4.69) is 45.3 Å². The van der Waals surface area contributed by atoms with E-state index in [-0.39, 0.29) is 11.8 Å². The van der Waals surface area contributed by atoms with Crippen LogP contribution in [0.3, 0.4) is 0 Å². The maximum absolute atomic E-state index is 13.4. The lowest BCUT2D eigenvalue weighted by Gasteiger charge is -2.21. The van der Waals surface area contributed by atoms with E-state index in [1.54, 1.807) is 23.1 Å². The van der Waals surface area contributed by atoms with E-state index in [4.69, 9.17) is 4.74 Å². The topological polar surface area (TPSA) is 116 Å². The van der Waals surface area contributed by atoms with Gasteiger partial charge < -0.3 is 19.9 Å². The number of carbonyl (C=O) groups excluding carboxylic acids is 2. The van der Waals surface area contributed by atoms with Gasteiger partial charge in [0, 0.05) is 57.8 Å². The molecule has 234 valence electrons. The minimum Gasteiger partial charge on any atom is -0.361 e. The molecule has 0 aliphatic heterocycles. The smallest absolute Gasteiger partial charge is 0.257 e. The molecule has 4 aromatic heterocycles. The summed E-state index contributed by atoms with van der Waals surface area (Å²) in [7, 11) is 0.663. The second kappa shape index (κ2) is 13.9. The number of amides is 2. The van der Waals surface area contributed by atoms with Gasteiger partial charge in [0.25, 0.3) is 11.8 Å². The van der Waals surface area contributed by atoms with Gasteiger partial charge in [-0.25, -0.2) is 4.98 Å². The predicted octanol–water partition coefficient (Wildman–Crippen LogP) is 6.41. The van der Waals surface area contributed by atoms with E-state index < -0.39 is 8.07 Å². The van der Waals surface area contributed by atoms with Crippen molar-refractivity contribution < 1.29 is 14.3 Å². The zero-order valence-corrected chi connectivity index (χ0v) is 27.7. The predicted molar refractivity (Wildman–Crippen MR) is 176 cm³/mol. The number of carbonyl (C=O) groups is 2. The first-order chi connectivity index (χ1) is 21.1. The number of ether oxygens (including phenoxy) is 1. The van der Waals surface area contributed by atoms with Gasteiger partial charge in [-0.05, 0) is 43.5 Å². The van der Waals surface area contributed by atoms with Crippen LogP contribution in [0.5, 0.6) is 0 Å². The maximum atomic E-state index is 13.4. The molecule has 4 heterocycles. The first-order valence-corrected chi connectivity index (χ1v) is 19.4. The highest BCUT2D eigenvalue weighted by molar-refractivity contribution is 6.76. The van der Waals surface area contributed by atoms with Gasteiger partial charge in [0.2, 0.25) is 0 Å². The van der Waals surface area contributed by atoms with Crippen molar-refractivity contribution in [3.05, 3.63) is 59.8 Å². The standard InChI is InChI=1S/C33H45N7O3Si/c1-23-29(16-27(18-35-23)32(41)34-12-11-24-9-7-6-8-10-24)38-33(42)26-15-25-17-30(28-20-37-39(2)21-28)40(31(25)36-19-26)22-43-13-14-44(3,4)5/h15-21,24H,6-14,22H2,1-5H3,(H,34,41)(H,38,42). The molecule has 1 fully saturated rings. The number of hydrogen-bond acceptors (Lipinski definition) is 6. The molecule has 1 aliphatic rings. The monoisotopic (exact) mass is 615 g/mol. The molecule has 1 aliphatic carbocycles. The van der Waals surface area contributed by atoms with Gasteiger partial charge in [0.05, 0.1) is 34.4 Å². The molecule has 0 bridgehead atoms. The third-order valence-corrected chi connectivity index (χ3v) is 10.1. The lowest BCUT2D eigenvalue weighted by molar-refractivity contribution is 0.0909. The summed E-state index contributed by atoms with van der Waals surface area (Å²) < 4.78 is 9.89. The van der Waals surface area contributed by atoms with Crippen LogP contribution in [0, 0.1) is 12.8 Å². The number of rotatable bonds is 12. The summed E-state index contributed by atoms with van der Waals surface area (Å²) in [5.74, 6) is 0.199. The van der Waals surface area contributed by atoms with Crippen molar-refractivity contribution in [3.63, 3.8) is 0 Å². The molecular formula is C33H45N7O3Si. The molecular weight excluding hydrogens is 570 g/mol. The Kier molecular flexibility index (Phi) is 9.95. The van der Waals surface area contributed by atoms with Crippen LogP contribution in [-0.2, 0) is 18.5 Å². The molecule has 0 radical (unpaired) electrons. The number of hydrogen-bond donors (Lipinski definition) is 2. The Bertz CT molecular complexity index is 1620. The van der Waals surface area contributed by atoms with Crippen molar-refractivity contribution in [2.75, 3.05) is 18.5 Å². The summed E-state index contributed by atoms with van der Waals surface area (Å²) in [4.78, 5) is 35.3. The van der Waals surface area contributed by atoms with Crippen LogP contribution in [0.4, 0.5) is 5.69 Å². The number of nitrogens with zero attached hydrogens (tertiary/aromatic N) is 5. The highest BCUT2D eigenvalue weighted by Gasteiger charge is 2.19. The molecule has 11 heteroatoms. The van der Waals surface area contributed by atoms with Crippen LogP contribution in [0.25, 0.3) is 22.3 Å². The first-order valence-electron chi connectivity index (χ1n) is 15.7. The minimum atomic E-state index is -1.22. The third kappa shape index (κ3) is 8.00. The Morgan fingerprint density at radius 1 is 1.00 bits per heavy atom. The number of fused-ring (bicyclic) bond motifs is 1. The Morgan fingerprint density at radius 2 is 1.75 bits per heavy atom. The summed E-state index contributed by atoms with van der Waals surface area (Å²) >= 11 is 0. The summed E-state index contributed by atoms with van der Waals surface area (Å²) in [6.07, 6.45) is 14.3. The van der Waals surface area contributed by atoms with E-state index in [0.29, 0.717) is 48.3 Å². The second-order valence-corrected chi connectivity index (χ2v) is 18.8. The van der Waals surface area contributed by atoms with Crippen molar-refractivity contribution in [1.82, 2.24) is 29.6 Å². The SMILES string of the molecule is Cc1ncc(C(=O)NCCC2CCCCC2)cc1NC(=O)c1cnc2c(c1)cc(-c1cnn(C)c1)n2COCC[Si](C)(C)C. The summed E-state index contributed by atoms with van der Waals surface area (Å²) in [6.45, 7) is 10.5. The van der Waals surface area contributed by atoms with Crippen molar-refractivity contribution in [1.29, 1.82) is 0 Å². The zero-order chi connectivity index (χ0) is 31.3. The van der Waals surface area contributed by atoms with Crippen molar-refractivity contribution in [3.8, 4) is 11.3 Å². The molecule has 0 unspecified atom stereocenters. The Hall–Kier alpha value is -3.83. The Morgan fingerprint density at radius 3 is 2.48 bits per heavy atom. The number of aryl methyl sites for hydroxylation is 2. The van der Waals surface area contributed by atoms with E-state index in [1.165, 1.54) is 32.1 Å². The second-order valence-electron chi connectivity index (χ2n) is 13.2. The van der Waals surface area contributed by atoms with Gasteiger partial charge in [-0.1, -0.05) is 51.7 Å². The fraction of sp³-hybridized carbons (Fsp3) is 0.485. The molecule has 4 aromatic rings. The van der Waals surface area contributed by atoms with E-state index in [9.17, 15) is 9.59 Å². The maximum Gasteiger partial charge on any atom is 0.257 e. The largest absolute Gasteiger partial charge is 0.361 e. The number of anilines is 1. The highest BCUT2D eigenvalue weighted by atomic mass is 28.3. The zero-order valence-electron chi connectivity index (χ0n) is 26.7. The lowest BCUT2D eigenvalue weighted by atomic mass is 9.87. The lowest BCUT2D eigenvalue weighted by Crippen LogP contribution is -2.27. The van der Waals surface area contributed by atoms with E-state index >= 15 is 0 Å². The van der Waals surface area contributed by atoms with Crippen LogP contribution in [0.1, 0.15) is 64.9 Å². The quantitative estimate of drug-likeness (QED) is 0.141. The fourth-order valence-corrected chi connectivity index (χ4v) is 6.43. The minimum absolute atomic E-state index is 0.178. The molecule has 0 spiro atoms. The van der Waals surface area contributed by atoms with Gasteiger partial charge in [-0.15, -0.1) is 0 Å². The molecule has 1 saturated carbocycles. The Balaban J connectivity index is 1.30. The summed E-state index contributed by atoms with van der Waals surface area (Å²) in [5, 5.41) is 11.1. The first kappa shape index (κ1) is 31.6. The highest BCUT2D eigenvalue weighted by Crippen LogP contribution is 2.29. The number of nitrogens with one attached hydrogen (secondary N) is 2. The summed E-state index contributed by atoms with van der Waals surface area (Å²) in [5.41, 5.74) is 4.57. The van der Waals surface area contributed by atoms with Crippen LogP contribution in [0.2, 0.25) is 25.7 Å². The molecule has 2 N–H and O–H groups in total. The Labute approximate surface area is 260 Å². The van der Waals surface area contributed by atoms with Gasteiger partial charge in [-0.2, -0.15) is 5.10 Å². The summed E-state index contributed by atoms with van der Waals surface area (Å²) in [6, 6.07) is 6.62. The number of pyridine rings is 2. The van der Waals surface area contributed by atoms with Crippen LogP contribution in [-0.4, -0.2) is 57.4 Å². The molecule has 5 rings (SSSR count). The fourth-order valence-electron chi connectivity index (χ4n) is 5.67. The van der Waals surface area contributed by atoms with E-state index in [0.717, 1.165) is 34.8 Å². The molecule has 0 aromatic carbocycles. The normalized spacial score (nSPS) is 14.2. The van der Waals surface area contributed by atoms with Gasteiger partial charge >= 0.3 is 0 Å². The van der Waals surface area contributed by atoms with Crippen LogP contribution < -0.4 is 10.6 Å². The van der Waals surface area contributed by atoms with E-state index in [1.807, 2.05) is 43.1 Å². The molecule has 10 nitrogen and oxygen atoms in total. The van der Waals surface area contributed by atoms with Gasteiger partial charge in [-0.3, -0.25) is 19.3 Å². The molecule has 0 atom stereocenters. The average molecular weight is 616 g/mol. The van der Waals surface area contributed by atoms with Crippen LogP contribution in [0.15, 0.2) is 43.0 Å². The van der Waals surface area contributed by atoms with Gasteiger partial charge in [0.1, 0.15) is 12.4 Å². The molecule has 0 saturated heterocycles. The molecule has 2 amide bonds. The van der Waals surface area contributed by atoms with Crippen LogP contribution >= 0.6 is 0 Å². The number of aromatic nitrogens is 5.